The molecule has 0 fully saturated rings. The predicted molar refractivity (Wildman–Crippen MR) is 257 cm³/mol. The zero-order chi connectivity index (χ0) is 47.5. The summed E-state index contributed by atoms with van der Waals surface area (Å²) in [5.74, 6) is 0. The standard InChI is InChI=1S/C58H69N3/c1-16-57(17-2)24-20-22-35-41-39(26-32(30-59)47(35)57)61-40-27-33(31-60)48-36(23-21-25-58(48,18-3)19-4)42(40)46-50-44-43-37(53(8,9)55(12,13)49(44)45(41)51(46)61)28-34(52(5,6)7)29-38(43)54(10,11)56(50,14)15/h26-29H,16-25H2,1-15H3/i22D2,23D2. The van der Waals surface area contributed by atoms with Gasteiger partial charge in [-0.15, -0.1) is 0 Å². The van der Waals surface area contributed by atoms with E-state index in [0.29, 0.717) is 47.9 Å². The number of rotatable bonds is 4. The van der Waals surface area contributed by atoms with E-state index in [1.165, 1.54) is 38.9 Å². The third-order valence-electron chi connectivity index (χ3n) is 19.1. The minimum Gasteiger partial charge on any atom is -0.308 e. The van der Waals surface area contributed by atoms with Gasteiger partial charge in [0, 0.05) is 37.9 Å². The molecule has 0 N–H and O–H groups in total. The molecule has 0 spiro atoms. The van der Waals surface area contributed by atoms with E-state index < -0.39 is 23.6 Å². The molecule has 4 aliphatic carbocycles. The smallest absolute Gasteiger partial charge is 0.0995 e. The second-order valence-electron chi connectivity index (χ2n) is 22.9. The maximum Gasteiger partial charge on any atom is 0.0995 e. The number of hydrogen-bond acceptors (Lipinski definition) is 2. The van der Waals surface area contributed by atoms with Crippen molar-refractivity contribution >= 4 is 38.1 Å². The van der Waals surface area contributed by atoms with Gasteiger partial charge in [0.05, 0.1) is 39.8 Å². The summed E-state index contributed by atoms with van der Waals surface area (Å²) in [5.41, 5.74) is 13.1. The van der Waals surface area contributed by atoms with E-state index in [-0.39, 0.29) is 27.1 Å². The minimum absolute atomic E-state index is 0.0980. The number of aryl methyl sites for hydroxylation is 2. The van der Waals surface area contributed by atoms with Gasteiger partial charge in [0.25, 0.3) is 0 Å². The maximum absolute atomic E-state index is 11.3. The highest BCUT2D eigenvalue weighted by atomic mass is 14.9. The SMILES string of the molecule is [2H]C1([2H])CCC(CC)(CC)c2c(C#N)cc3c(c21)c1c2c4c(c5c6c7c(c(C#N)cc6n3c15)C(CC)(CC)CCC7([2H])[2H])C(C)(C)C(C)(C)c1cc(C(C)(C)C)cc(c1-4)C(C)(C)C2(C)C. The van der Waals surface area contributed by atoms with Crippen LogP contribution in [0.15, 0.2) is 24.3 Å². The molecule has 0 saturated heterocycles. The average molecular weight is 812 g/mol. The molecule has 0 amide bonds. The average Bonchev–Trinajstić information content (AvgIpc) is 3.75. The fourth-order valence-corrected chi connectivity index (χ4v) is 13.8. The van der Waals surface area contributed by atoms with Crippen molar-refractivity contribution < 1.29 is 5.48 Å². The molecule has 0 atom stereocenters. The highest BCUT2D eigenvalue weighted by Crippen LogP contribution is 2.68. The van der Waals surface area contributed by atoms with Crippen LogP contribution in [-0.4, -0.2) is 4.40 Å². The number of nitriles is 2. The van der Waals surface area contributed by atoms with E-state index >= 15 is 0 Å². The van der Waals surface area contributed by atoms with Crippen LogP contribution in [-0.2, 0) is 50.7 Å². The van der Waals surface area contributed by atoms with Crippen molar-refractivity contribution in [2.45, 2.75) is 206 Å². The Morgan fingerprint density at radius 1 is 0.574 bits per heavy atom. The van der Waals surface area contributed by atoms with Gasteiger partial charge in [0.2, 0.25) is 0 Å². The van der Waals surface area contributed by atoms with Crippen molar-refractivity contribution in [3.05, 3.63) is 85.5 Å². The first-order valence-electron chi connectivity index (χ1n) is 25.6. The largest absolute Gasteiger partial charge is 0.308 e. The first-order chi connectivity index (χ1) is 30.1. The van der Waals surface area contributed by atoms with Gasteiger partial charge in [-0.1, -0.05) is 116 Å². The normalized spacial score (nSPS) is 23.6. The highest BCUT2D eigenvalue weighted by molar-refractivity contribution is 6.30. The van der Waals surface area contributed by atoms with Crippen LogP contribution in [0.1, 0.15) is 222 Å². The minimum atomic E-state index is -1.72. The van der Waals surface area contributed by atoms with E-state index in [1.807, 2.05) is 0 Å². The molecule has 316 valence electrons. The summed E-state index contributed by atoms with van der Waals surface area (Å²) in [6.45, 7) is 35.1. The van der Waals surface area contributed by atoms with Crippen LogP contribution in [0.4, 0.5) is 0 Å². The molecule has 3 nitrogen and oxygen atoms in total. The van der Waals surface area contributed by atoms with Gasteiger partial charge in [-0.25, -0.2) is 0 Å². The number of benzene rings is 4. The van der Waals surface area contributed by atoms with E-state index in [0.717, 1.165) is 74.9 Å². The molecule has 4 aromatic carbocycles. The van der Waals surface area contributed by atoms with E-state index in [9.17, 15) is 16.0 Å². The summed E-state index contributed by atoms with van der Waals surface area (Å²) in [4.78, 5) is 0. The molecule has 0 bridgehead atoms. The summed E-state index contributed by atoms with van der Waals surface area (Å²) < 4.78 is 42.7. The summed E-state index contributed by atoms with van der Waals surface area (Å²) in [7, 11) is 0. The molecule has 2 heterocycles. The van der Waals surface area contributed by atoms with Crippen LogP contribution in [0, 0.1) is 22.7 Å². The second-order valence-corrected chi connectivity index (χ2v) is 22.9. The van der Waals surface area contributed by atoms with Gasteiger partial charge in [-0.3, -0.25) is 0 Å². The van der Waals surface area contributed by atoms with Crippen LogP contribution in [0.2, 0.25) is 0 Å². The Morgan fingerprint density at radius 2 is 0.967 bits per heavy atom. The Balaban J connectivity index is 1.64. The van der Waals surface area contributed by atoms with Crippen molar-refractivity contribution in [3.63, 3.8) is 0 Å². The van der Waals surface area contributed by atoms with Gasteiger partial charge in [-0.2, -0.15) is 10.5 Å². The van der Waals surface area contributed by atoms with Crippen LogP contribution in [0.5, 0.6) is 0 Å². The van der Waals surface area contributed by atoms with Crippen LogP contribution < -0.4 is 0 Å². The molecule has 0 aliphatic heterocycles. The fraction of sp³-hybridized carbons (Fsp3) is 0.552. The second kappa shape index (κ2) is 12.2. The zero-order valence-electron chi connectivity index (χ0n) is 43.8. The van der Waals surface area contributed by atoms with Crippen molar-refractivity contribution in [3.8, 4) is 23.3 Å². The fourth-order valence-electron chi connectivity index (χ4n) is 13.8. The summed E-state index contributed by atoms with van der Waals surface area (Å²) in [6, 6.07) is 14.4. The van der Waals surface area contributed by atoms with Crippen molar-refractivity contribution in [1.29, 1.82) is 10.5 Å². The van der Waals surface area contributed by atoms with E-state index in [2.05, 4.69) is 145 Å². The lowest BCUT2D eigenvalue weighted by Crippen LogP contribution is -2.50. The van der Waals surface area contributed by atoms with Gasteiger partial charge in [0.15, 0.2) is 0 Å². The Bertz CT molecular complexity index is 3010. The molecule has 2 aromatic heterocycles. The van der Waals surface area contributed by atoms with Crippen LogP contribution >= 0.6 is 0 Å². The lowest BCUT2D eigenvalue weighted by molar-refractivity contribution is 0.278. The topological polar surface area (TPSA) is 52.0 Å². The predicted octanol–water partition coefficient (Wildman–Crippen LogP) is 15.5. The molecule has 0 radical (unpaired) electrons. The molecular weight excluding hydrogens is 739 g/mol. The summed E-state index contributed by atoms with van der Waals surface area (Å²) >= 11 is 0. The van der Waals surface area contributed by atoms with Crippen LogP contribution in [0.25, 0.3) is 49.2 Å². The molecule has 0 unspecified atom stereocenters. The molecule has 3 heteroatoms. The third kappa shape index (κ3) is 4.46. The molecule has 0 saturated carbocycles. The van der Waals surface area contributed by atoms with Crippen LogP contribution in [0.3, 0.4) is 0 Å². The number of nitrogens with zero attached hydrogens (tertiary/aromatic N) is 3. The van der Waals surface area contributed by atoms with Gasteiger partial charge >= 0.3 is 0 Å². The maximum atomic E-state index is 11.3. The summed E-state index contributed by atoms with van der Waals surface area (Å²) in [5, 5.41) is 26.5. The zero-order valence-corrected chi connectivity index (χ0v) is 39.8. The molecule has 61 heavy (non-hydrogen) atoms. The highest BCUT2D eigenvalue weighted by Gasteiger charge is 2.57. The first-order valence-corrected chi connectivity index (χ1v) is 23.6. The molecular formula is C58H69N3. The molecule has 10 rings (SSSR count). The van der Waals surface area contributed by atoms with E-state index in [1.54, 1.807) is 0 Å². The summed E-state index contributed by atoms with van der Waals surface area (Å²) in [6.07, 6.45) is 1.86. The number of hydrogen-bond donors (Lipinski definition) is 0. The van der Waals surface area contributed by atoms with Crippen molar-refractivity contribution in [2.24, 2.45) is 0 Å². The Labute approximate surface area is 371 Å². The lowest BCUT2D eigenvalue weighted by atomic mass is 9.46. The Hall–Kier alpha value is -4.34. The Morgan fingerprint density at radius 3 is 1.31 bits per heavy atom. The number of aromatic nitrogens is 1. The van der Waals surface area contributed by atoms with E-state index in [4.69, 9.17) is 0 Å². The number of fused-ring (bicyclic) bond motifs is 12. The Kier molecular flexibility index (Phi) is 7.25. The third-order valence-corrected chi connectivity index (χ3v) is 19.1. The lowest BCUT2D eigenvalue weighted by Gasteiger charge is -2.57. The molecule has 4 aliphatic rings. The first kappa shape index (κ1) is 36.2. The van der Waals surface area contributed by atoms with Gasteiger partial charge < -0.3 is 4.40 Å². The molecule has 6 aromatic rings. The van der Waals surface area contributed by atoms with Crippen molar-refractivity contribution in [1.82, 2.24) is 4.40 Å². The monoisotopic (exact) mass is 812 g/mol. The van der Waals surface area contributed by atoms with Crippen molar-refractivity contribution in [2.75, 3.05) is 0 Å². The quantitative estimate of drug-likeness (QED) is 0.178. The van der Waals surface area contributed by atoms with Gasteiger partial charge in [0.1, 0.15) is 0 Å². The van der Waals surface area contributed by atoms with Gasteiger partial charge in [-0.05, 0) is 165 Å².